The summed E-state index contributed by atoms with van der Waals surface area (Å²) in [6, 6.07) is 10.2. The number of anilines is 1. The summed E-state index contributed by atoms with van der Waals surface area (Å²) in [5.41, 5.74) is 1.99. The van der Waals surface area contributed by atoms with E-state index in [1.54, 1.807) is 4.90 Å². The molecule has 3 rings (SSSR count). The molecule has 0 radical (unpaired) electrons. The van der Waals surface area contributed by atoms with E-state index in [9.17, 15) is 19.5 Å². The average molecular weight is 353 g/mol. The Morgan fingerprint density at radius 1 is 1.23 bits per heavy atom. The maximum Gasteiger partial charge on any atom is 0.339 e. The number of hydrogen-bond acceptors (Lipinski definition) is 4. The molecule has 2 heterocycles. The van der Waals surface area contributed by atoms with Crippen LogP contribution in [0.3, 0.4) is 0 Å². The number of pyridine rings is 1. The lowest BCUT2D eigenvalue weighted by molar-refractivity contribution is -0.132. The Morgan fingerprint density at radius 2 is 2.00 bits per heavy atom. The van der Waals surface area contributed by atoms with Crippen molar-refractivity contribution in [2.24, 2.45) is 0 Å². The molecule has 1 atom stereocenters. The topological polar surface area (TPSA) is 99.6 Å². The highest BCUT2D eigenvalue weighted by molar-refractivity contribution is 5.99. The molecule has 0 saturated carbocycles. The van der Waals surface area contributed by atoms with E-state index in [1.165, 1.54) is 25.3 Å². The Hall–Kier alpha value is -3.22. The van der Waals surface area contributed by atoms with Gasteiger partial charge in [-0.2, -0.15) is 0 Å². The third-order valence-electron chi connectivity index (χ3n) is 4.49. The SMILES string of the molecule is CC(=O)N1CCc2ccccc2C1CC(=O)Nc1ncccc1C(=O)O. The van der Waals surface area contributed by atoms with E-state index < -0.39 is 5.97 Å². The molecule has 134 valence electrons. The second-order valence-electron chi connectivity index (χ2n) is 6.13. The molecule has 1 aromatic heterocycles. The minimum Gasteiger partial charge on any atom is -0.478 e. The number of carbonyl (C=O) groups is 3. The number of carboxylic acids is 1. The molecular formula is C19H19N3O4. The molecule has 1 unspecified atom stereocenters. The van der Waals surface area contributed by atoms with Gasteiger partial charge in [-0.1, -0.05) is 24.3 Å². The normalized spacial score (nSPS) is 15.9. The van der Waals surface area contributed by atoms with E-state index in [2.05, 4.69) is 10.3 Å². The van der Waals surface area contributed by atoms with Gasteiger partial charge in [0.15, 0.2) is 0 Å². The third kappa shape index (κ3) is 3.56. The Bertz CT molecular complexity index is 865. The highest BCUT2D eigenvalue weighted by Gasteiger charge is 2.30. The van der Waals surface area contributed by atoms with Crippen LogP contribution in [0.2, 0.25) is 0 Å². The summed E-state index contributed by atoms with van der Waals surface area (Å²) in [4.78, 5) is 41.4. The van der Waals surface area contributed by atoms with E-state index in [4.69, 9.17) is 0 Å². The van der Waals surface area contributed by atoms with Crippen LogP contribution in [0.4, 0.5) is 5.82 Å². The molecule has 26 heavy (non-hydrogen) atoms. The van der Waals surface area contributed by atoms with Gasteiger partial charge in [-0.15, -0.1) is 0 Å². The summed E-state index contributed by atoms with van der Waals surface area (Å²) in [5.74, 6) is -1.65. The van der Waals surface area contributed by atoms with Crippen LogP contribution in [0.5, 0.6) is 0 Å². The average Bonchev–Trinajstić information content (AvgIpc) is 2.62. The standard InChI is InChI=1S/C19H19N3O4/c1-12(23)22-10-8-13-5-2-3-6-14(13)16(22)11-17(24)21-18-15(19(25)26)7-4-9-20-18/h2-7,9,16H,8,10-11H2,1H3,(H,25,26)(H,20,21,24). The highest BCUT2D eigenvalue weighted by Crippen LogP contribution is 2.32. The summed E-state index contributed by atoms with van der Waals surface area (Å²) in [6.45, 7) is 2.04. The number of fused-ring (bicyclic) bond motifs is 1. The van der Waals surface area contributed by atoms with Gasteiger partial charge < -0.3 is 15.3 Å². The molecule has 0 saturated heterocycles. The molecule has 0 aliphatic carbocycles. The first-order valence-corrected chi connectivity index (χ1v) is 8.30. The predicted molar refractivity (Wildman–Crippen MR) is 94.7 cm³/mol. The largest absolute Gasteiger partial charge is 0.478 e. The number of hydrogen-bond donors (Lipinski definition) is 2. The first kappa shape index (κ1) is 17.6. The maximum atomic E-state index is 12.6. The number of nitrogens with zero attached hydrogens (tertiary/aromatic N) is 2. The Morgan fingerprint density at radius 3 is 2.73 bits per heavy atom. The Labute approximate surface area is 150 Å². The third-order valence-corrected chi connectivity index (χ3v) is 4.49. The zero-order chi connectivity index (χ0) is 18.7. The summed E-state index contributed by atoms with van der Waals surface area (Å²) in [5, 5.41) is 11.8. The van der Waals surface area contributed by atoms with Crippen molar-refractivity contribution >= 4 is 23.6 Å². The minimum atomic E-state index is -1.17. The lowest BCUT2D eigenvalue weighted by Gasteiger charge is -2.36. The number of carboxylic acid groups (broad SMARTS) is 1. The van der Waals surface area contributed by atoms with Crippen LogP contribution in [-0.2, 0) is 16.0 Å². The smallest absolute Gasteiger partial charge is 0.339 e. The Balaban J connectivity index is 1.83. The minimum absolute atomic E-state index is 0.00321. The van der Waals surface area contributed by atoms with Gasteiger partial charge in [0.2, 0.25) is 11.8 Å². The van der Waals surface area contributed by atoms with E-state index in [1.807, 2.05) is 24.3 Å². The summed E-state index contributed by atoms with van der Waals surface area (Å²) in [6.07, 6.45) is 2.20. The van der Waals surface area contributed by atoms with E-state index >= 15 is 0 Å². The molecule has 7 heteroatoms. The summed E-state index contributed by atoms with van der Waals surface area (Å²) < 4.78 is 0. The van der Waals surface area contributed by atoms with E-state index in [0.717, 1.165) is 17.5 Å². The number of amides is 2. The first-order valence-electron chi connectivity index (χ1n) is 8.30. The molecule has 2 aromatic rings. The number of carbonyl (C=O) groups excluding carboxylic acids is 2. The van der Waals surface area contributed by atoms with Crippen molar-refractivity contribution in [1.29, 1.82) is 0 Å². The molecule has 0 spiro atoms. The van der Waals surface area contributed by atoms with Gasteiger partial charge in [0.05, 0.1) is 12.5 Å². The van der Waals surface area contributed by atoms with E-state index in [-0.39, 0.29) is 35.7 Å². The molecular weight excluding hydrogens is 334 g/mol. The van der Waals surface area contributed by atoms with Gasteiger partial charge in [-0.25, -0.2) is 9.78 Å². The zero-order valence-corrected chi connectivity index (χ0v) is 14.3. The second-order valence-corrected chi connectivity index (χ2v) is 6.13. The fraction of sp³-hybridized carbons (Fsp3) is 0.263. The first-order chi connectivity index (χ1) is 12.5. The van der Waals surface area contributed by atoms with Crippen molar-refractivity contribution in [3.8, 4) is 0 Å². The predicted octanol–water partition coefficient (Wildman–Crippen LogP) is 2.25. The van der Waals surface area contributed by atoms with Gasteiger partial charge in [0.25, 0.3) is 0 Å². The second kappa shape index (κ2) is 7.35. The molecule has 1 aliphatic heterocycles. The molecule has 0 fully saturated rings. The van der Waals surface area contributed by atoms with Gasteiger partial charge in [-0.3, -0.25) is 9.59 Å². The van der Waals surface area contributed by atoms with Crippen LogP contribution in [0.15, 0.2) is 42.6 Å². The molecule has 0 bridgehead atoms. The van der Waals surface area contributed by atoms with Crippen molar-refractivity contribution in [3.05, 3.63) is 59.3 Å². The van der Waals surface area contributed by atoms with Crippen molar-refractivity contribution in [2.75, 3.05) is 11.9 Å². The summed E-state index contributed by atoms with van der Waals surface area (Å²) in [7, 11) is 0. The Kier molecular flexibility index (Phi) is 4.97. The van der Waals surface area contributed by atoms with Gasteiger partial charge in [-0.05, 0) is 29.7 Å². The summed E-state index contributed by atoms with van der Waals surface area (Å²) >= 11 is 0. The van der Waals surface area contributed by atoms with Gasteiger partial charge in [0.1, 0.15) is 11.4 Å². The zero-order valence-electron chi connectivity index (χ0n) is 14.3. The highest BCUT2D eigenvalue weighted by atomic mass is 16.4. The van der Waals surface area contributed by atoms with Gasteiger partial charge >= 0.3 is 5.97 Å². The van der Waals surface area contributed by atoms with E-state index in [0.29, 0.717) is 6.54 Å². The molecule has 2 N–H and O–H groups in total. The number of aromatic carboxylic acids is 1. The van der Waals surface area contributed by atoms with Crippen molar-refractivity contribution in [3.63, 3.8) is 0 Å². The van der Waals surface area contributed by atoms with Crippen LogP contribution >= 0.6 is 0 Å². The van der Waals surface area contributed by atoms with Crippen molar-refractivity contribution in [1.82, 2.24) is 9.88 Å². The molecule has 1 aromatic carbocycles. The monoisotopic (exact) mass is 353 g/mol. The lowest BCUT2D eigenvalue weighted by atomic mass is 9.90. The van der Waals surface area contributed by atoms with Gasteiger partial charge in [0, 0.05) is 19.7 Å². The number of rotatable bonds is 4. The fourth-order valence-electron chi connectivity index (χ4n) is 3.28. The molecule has 7 nitrogen and oxygen atoms in total. The fourth-order valence-corrected chi connectivity index (χ4v) is 3.28. The quantitative estimate of drug-likeness (QED) is 0.878. The number of aromatic nitrogens is 1. The number of nitrogens with one attached hydrogen (secondary N) is 1. The van der Waals surface area contributed by atoms with Crippen molar-refractivity contribution < 1.29 is 19.5 Å². The molecule has 1 aliphatic rings. The lowest BCUT2D eigenvalue weighted by Crippen LogP contribution is -2.40. The van der Waals surface area contributed by atoms with Crippen molar-refractivity contribution in [2.45, 2.75) is 25.8 Å². The van der Waals surface area contributed by atoms with Crippen LogP contribution < -0.4 is 5.32 Å². The van der Waals surface area contributed by atoms with Crippen LogP contribution in [-0.4, -0.2) is 39.3 Å². The van der Waals surface area contributed by atoms with Crippen LogP contribution in [0.25, 0.3) is 0 Å². The maximum absolute atomic E-state index is 12.6. The van der Waals surface area contributed by atoms with Crippen LogP contribution in [0.1, 0.15) is 40.9 Å². The van der Waals surface area contributed by atoms with Crippen LogP contribution in [0, 0.1) is 0 Å². The number of benzene rings is 1. The molecule has 2 amide bonds.